The molecule has 2 N–H and O–H groups in total. The molecule has 1 heterocycles. The van der Waals surface area contributed by atoms with Crippen molar-refractivity contribution >= 4 is 38.4 Å². The molecule has 1 aromatic heterocycles. The van der Waals surface area contributed by atoms with E-state index in [9.17, 15) is 0 Å². The molecule has 0 saturated heterocycles. The van der Waals surface area contributed by atoms with Gasteiger partial charge < -0.3 is 10.5 Å². The summed E-state index contributed by atoms with van der Waals surface area (Å²) in [7, 11) is 0. The summed E-state index contributed by atoms with van der Waals surface area (Å²) in [6.07, 6.45) is 1.74. The lowest BCUT2D eigenvalue weighted by atomic mass is 10.1. The molecule has 0 atom stereocenters. The van der Waals surface area contributed by atoms with Gasteiger partial charge in [0.1, 0.15) is 11.5 Å². The summed E-state index contributed by atoms with van der Waals surface area (Å²) in [5.74, 6) is 1.29. The first-order valence-corrected chi connectivity index (χ1v) is 7.55. The molecule has 0 bridgehead atoms. The first kappa shape index (κ1) is 14.3. The van der Waals surface area contributed by atoms with E-state index >= 15 is 0 Å². The van der Waals surface area contributed by atoms with E-state index < -0.39 is 0 Å². The van der Waals surface area contributed by atoms with E-state index in [0.717, 1.165) is 20.9 Å². The normalized spacial score (nSPS) is 10.8. The van der Waals surface area contributed by atoms with Crippen molar-refractivity contribution in [1.29, 1.82) is 0 Å². The van der Waals surface area contributed by atoms with Crippen LogP contribution in [-0.4, -0.2) is 4.98 Å². The lowest BCUT2D eigenvalue weighted by Crippen LogP contribution is -2.01. The van der Waals surface area contributed by atoms with Crippen LogP contribution in [0.1, 0.15) is 5.56 Å². The topological polar surface area (TPSA) is 48.1 Å². The second kappa shape index (κ2) is 6.02. The molecular formula is C16H12BrClN2O. The van der Waals surface area contributed by atoms with Crippen LogP contribution < -0.4 is 10.5 Å². The molecular weight excluding hydrogens is 352 g/mol. The fourth-order valence-corrected chi connectivity index (χ4v) is 2.80. The summed E-state index contributed by atoms with van der Waals surface area (Å²) in [6, 6.07) is 13.3. The SMILES string of the molecule is NCc1cnc2ccccc2c1Oc1ccc(Br)cc1Cl. The van der Waals surface area contributed by atoms with E-state index in [1.54, 1.807) is 12.3 Å². The van der Waals surface area contributed by atoms with Crippen molar-refractivity contribution in [3.63, 3.8) is 0 Å². The van der Waals surface area contributed by atoms with E-state index in [1.165, 1.54) is 0 Å². The minimum absolute atomic E-state index is 0.349. The molecule has 0 amide bonds. The summed E-state index contributed by atoms with van der Waals surface area (Å²) < 4.78 is 6.93. The minimum atomic E-state index is 0.349. The average molecular weight is 364 g/mol. The number of pyridine rings is 1. The summed E-state index contributed by atoms with van der Waals surface area (Å²) in [6.45, 7) is 0.349. The zero-order valence-corrected chi connectivity index (χ0v) is 13.4. The molecule has 3 nitrogen and oxygen atoms in total. The van der Waals surface area contributed by atoms with Gasteiger partial charge in [0.2, 0.25) is 0 Å². The third kappa shape index (κ3) is 2.88. The number of rotatable bonds is 3. The number of fused-ring (bicyclic) bond motifs is 1. The molecule has 3 aromatic rings. The molecule has 0 aliphatic rings. The van der Waals surface area contributed by atoms with Gasteiger partial charge in [0.05, 0.1) is 10.5 Å². The number of hydrogen-bond donors (Lipinski definition) is 1. The smallest absolute Gasteiger partial charge is 0.146 e. The Morgan fingerprint density at radius 2 is 2.00 bits per heavy atom. The van der Waals surface area contributed by atoms with Gasteiger partial charge in [0, 0.05) is 28.2 Å². The number of halogens is 2. The van der Waals surface area contributed by atoms with Gasteiger partial charge in [-0.05, 0) is 30.3 Å². The summed E-state index contributed by atoms with van der Waals surface area (Å²) in [4.78, 5) is 4.39. The monoisotopic (exact) mass is 362 g/mol. The first-order chi connectivity index (χ1) is 10.2. The van der Waals surface area contributed by atoms with E-state index in [-0.39, 0.29) is 0 Å². The average Bonchev–Trinajstić information content (AvgIpc) is 2.50. The highest BCUT2D eigenvalue weighted by atomic mass is 79.9. The van der Waals surface area contributed by atoms with Crippen molar-refractivity contribution < 1.29 is 4.74 Å². The Kier molecular flexibility index (Phi) is 4.10. The van der Waals surface area contributed by atoms with Crippen LogP contribution in [0.5, 0.6) is 11.5 Å². The van der Waals surface area contributed by atoms with E-state index in [4.69, 9.17) is 22.1 Å². The predicted molar refractivity (Wildman–Crippen MR) is 88.9 cm³/mol. The van der Waals surface area contributed by atoms with E-state index in [1.807, 2.05) is 36.4 Å². The maximum Gasteiger partial charge on any atom is 0.146 e. The zero-order valence-electron chi connectivity index (χ0n) is 11.0. The maximum atomic E-state index is 6.22. The van der Waals surface area contributed by atoms with Crippen molar-refractivity contribution in [2.75, 3.05) is 0 Å². The van der Waals surface area contributed by atoms with Gasteiger partial charge in [-0.3, -0.25) is 4.98 Å². The Labute approximate surface area is 135 Å². The van der Waals surface area contributed by atoms with E-state index in [0.29, 0.717) is 23.1 Å². The zero-order chi connectivity index (χ0) is 14.8. The first-order valence-electron chi connectivity index (χ1n) is 6.38. The van der Waals surface area contributed by atoms with Gasteiger partial charge in [0.25, 0.3) is 0 Å². The Morgan fingerprint density at radius 3 is 2.76 bits per heavy atom. The minimum Gasteiger partial charge on any atom is -0.455 e. The third-order valence-electron chi connectivity index (χ3n) is 3.13. The van der Waals surface area contributed by atoms with Crippen molar-refractivity contribution in [2.45, 2.75) is 6.54 Å². The number of ether oxygens (including phenoxy) is 1. The Bertz CT molecular complexity index is 807. The number of benzene rings is 2. The van der Waals surface area contributed by atoms with Crippen LogP contribution in [0, 0.1) is 0 Å². The molecule has 0 unspecified atom stereocenters. The van der Waals surface area contributed by atoms with Gasteiger partial charge >= 0.3 is 0 Å². The number of para-hydroxylation sites is 1. The third-order valence-corrected chi connectivity index (χ3v) is 3.91. The van der Waals surface area contributed by atoms with Crippen LogP contribution >= 0.6 is 27.5 Å². The van der Waals surface area contributed by atoms with Gasteiger partial charge in [-0.1, -0.05) is 39.7 Å². The molecule has 0 saturated carbocycles. The fraction of sp³-hybridized carbons (Fsp3) is 0.0625. The Hall–Kier alpha value is -1.62. The van der Waals surface area contributed by atoms with Crippen LogP contribution in [0.3, 0.4) is 0 Å². The molecule has 106 valence electrons. The number of aromatic nitrogens is 1. The van der Waals surface area contributed by atoms with Crippen LogP contribution in [-0.2, 0) is 6.54 Å². The number of hydrogen-bond acceptors (Lipinski definition) is 3. The molecule has 0 aliphatic heterocycles. The molecule has 21 heavy (non-hydrogen) atoms. The summed E-state index contributed by atoms with van der Waals surface area (Å²) >= 11 is 9.60. The molecule has 3 rings (SSSR count). The molecule has 0 spiro atoms. The van der Waals surface area contributed by atoms with Gasteiger partial charge in [-0.25, -0.2) is 0 Å². The van der Waals surface area contributed by atoms with Crippen LogP contribution in [0.4, 0.5) is 0 Å². The van der Waals surface area contributed by atoms with Gasteiger partial charge in [-0.15, -0.1) is 0 Å². The predicted octanol–water partition coefficient (Wildman–Crippen LogP) is 4.90. The standard InChI is InChI=1S/C16H12BrClN2O/c17-11-5-6-15(13(18)7-11)21-16-10(8-19)9-20-14-4-2-1-3-12(14)16/h1-7,9H,8,19H2. The molecule has 0 aliphatic carbocycles. The summed E-state index contributed by atoms with van der Waals surface area (Å²) in [5.41, 5.74) is 7.50. The highest BCUT2D eigenvalue weighted by molar-refractivity contribution is 9.10. The Balaban J connectivity index is 2.14. The van der Waals surface area contributed by atoms with Crippen molar-refractivity contribution in [3.8, 4) is 11.5 Å². The highest BCUT2D eigenvalue weighted by Crippen LogP contribution is 2.36. The molecule has 5 heteroatoms. The highest BCUT2D eigenvalue weighted by Gasteiger charge is 2.12. The molecule has 2 aromatic carbocycles. The van der Waals surface area contributed by atoms with E-state index in [2.05, 4.69) is 20.9 Å². The maximum absolute atomic E-state index is 6.22. The van der Waals surface area contributed by atoms with Crippen molar-refractivity contribution in [3.05, 3.63) is 63.7 Å². The fourth-order valence-electron chi connectivity index (χ4n) is 2.09. The van der Waals surface area contributed by atoms with Gasteiger partial charge in [0.15, 0.2) is 0 Å². The largest absolute Gasteiger partial charge is 0.455 e. The second-order valence-electron chi connectivity index (χ2n) is 4.51. The molecule has 0 fully saturated rings. The van der Waals surface area contributed by atoms with Crippen LogP contribution in [0.25, 0.3) is 10.9 Å². The second-order valence-corrected chi connectivity index (χ2v) is 5.83. The molecule has 0 radical (unpaired) electrons. The van der Waals surface area contributed by atoms with Gasteiger partial charge in [-0.2, -0.15) is 0 Å². The number of nitrogens with zero attached hydrogens (tertiary/aromatic N) is 1. The lowest BCUT2D eigenvalue weighted by Gasteiger charge is -2.13. The van der Waals surface area contributed by atoms with Crippen LogP contribution in [0.2, 0.25) is 5.02 Å². The quantitative estimate of drug-likeness (QED) is 0.720. The number of nitrogens with two attached hydrogens (primary N) is 1. The van der Waals surface area contributed by atoms with Crippen molar-refractivity contribution in [1.82, 2.24) is 4.98 Å². The lowest BCUT2D eigenvalue weighted by molar-refractivity contribution is 0.482. The summed E-state index contributed by atoms with van der Waals surface area (Å²) in [5, 5.41) is 1.45. The van der Waals surface area contributed by atoms with Crippen LogP contribution in [0.15, 0.2) is 53.1 Å². The Morgan fingerprint density at radius 1 is 1.19 bits per heavy atom. The van der Waals surface area contributed by atoms with Crippen molar-refractivity contribution in [2.24, 2.45) is 5.73 Å².